The van der Waals surface area contributed by atoms with Gasteiger partial charge in [0.25, 0.3) is 11.8 Å². The van der Waals surface area contributed by atoms with Crippen molar-refractivity contribution in [1.29, 1.82) is 0 Å². The van der Waals surface area contributed by atoms with Crippen molar-refractivity contribution in [3.63, 3.8) is 0 Å². The number of carbonyl (C=O) groups excluding carboxylic acids is 3. The Bertz CT molecular complexity index is 894. The highest BCUT2D eigenvalue weighted by atomic mass is 16.2. The monoisotopic (exact) mass is 349 g/mol. The third-order valence-electron chi connectivity index (χ3n) is 5.08. The number of fused-ring (bicyclic) bond motifs is 1. The van der Waals surface area contributed by atoms with Crippen LogP contribution in [0.5, 0.6) is 0 Å². The Balaban J connectivity index is 1.58. The van der Waals surface area contributed by atoms with Gasteiger partial charge in [0.2, 0.25) is 5.91 Å². The average molecular weight is 349 g/mol. The van der Waals surface area contributed by atoms with Gasteiger partial charge >= 0.3 is 0 Å². The average Bonchev–Trinajstić information content (AvgIpc) is 2.98. The third-order valence-corrected chi connectivity index (χ3v) is 5.08. The van der Waals surface area contributed by atoms with Crippen LogP contribution >= 0.6 is 0 Å². The lowest BCUT2D eigenvalue weighted by molar-refractivity contribution is -0.153. The highest BCUT2D eigenvalue weighted by Crippen LogP contribution is 2.32. The second-order valence-corrected chi connectivity index (χ2v) is 6.66. The summed E-state index contributed by atoms with van der Waals surface area (Å²) in [6.45, 7) is 0.538. The number of imide groups is 1. The summed E-state index contributed by atoms with van der Waals surface area (Å²) in [5, 5.41) is 0. The molecule has 1 saturated heterocycles. The normalized spacial score (nSPS) is 19.8. The number of hydrogen-bond acceptors (Lipinski definition) is 4. The van der Waals surface area contributed by atoms with Gasteiger partial charge in [-0.05, 0) is 24.1 Å². The van der Waals surface area contributed by atoms with E-state index in [9.17, 15) is 14.4 Å². The topological polar surface area (TPSA) is 83.7 Å². The van der Waals surface area contributed by atoms with E-state index in [4.69, 9.17) is 5.73 Å². The van der Waals surface area contributed by atoms with Crippen LogP contribution in [0.3, 0.4) is 0 Å². The van der Waals surface area contributed by atoms with Crippen LogP contribution in [-0.2, 0) is 22.7 Å². The first kappa shape index (κ1) is 16.3. The Kier molecular flexibility index (Phi) is 3.95. The van der Waals surface area contributed by atoms with Crippen LogP contribution in [0, 0.1) is 0 Å². The Labute approximate surface area is 151 Å². The van der Waals surface area contributed by atoms with Gasteiger partial charge in [0.05, 0.1) is 6.54 Å². The first-order chi connectivity index (χ1) is 12.6. The molecule has 0 aromatic heterocycles. The molecule has 2 aliphatic heterocycles. The molecule has 1 atom stereocenters. The van der Waals surface area contributed by atoms with Crippen LogP contribution in [-0.4, -0.2) is 33.6 Å². The number of nitrogen functional groups attached to an aromatic ring is 1. The largest absolute Gasteiger partial charge is 0.398 e. The van der Waals surface area contributed by atoms with Crippen LogP contribution < -0.4 is 5.73 Å². The van der Waals surface area contributed by atoms with E-state index in [1.54, 1.807) is 23.1 Å². The van der Waals surface area contributed by atoms with Gasteiger partial charge in [-0.15, -0.1) is 0 Å². The molecule has 3 amide bonds. The maximum Gasteiger partial charge on any atom is 0.255 e. The van der Waals surface area contributed by atoms with Crippen molar-refractivity contribution in [2.45, 2.75) is 32.0 Å². The smallest absolute Gasteiger partial charge is 0.255 e. The molecule has 0 radical (unpaired) electrons. The van der Waals surface area contributed by atoms with Gasteiger partial charge in [-0.1, -0.05) is 36.4 Å². The SMILES string of the molecule is Nc1cccc2c1CN(C1CCC(=O)N(Cc3ccccc3)C1=O)C2=O. The van der Waals surface area contributed by atoms with Gasteiger partial charge in [-0.2, -0.15) is 0 Å². The summed E-state index contributed by atoms with van der Waals surface area (Å²) < 4.78 is 0. The maximum atomic E-state index is 13.0. The molecule has 0 saturated carbocycles. The third kappa shape index (κ3) is 2.63. The van der Waals surface area contributed by atoms with Crippen LogP contribution in [0.1, 0.15) is 34.3 Å². The number of nitrogens with two attached hydrogens (primary N) is 1. The molecule has 2 heterocycles. The van der Waals surface area contributed by atoms with Crippen molar-refractivity contribution in [1.82, 2.24) is 9.80 Å². The Morgan fingerprint density at radius 1 is 1.00 bits per heavy atom. The van der Waals surface area contributed by atoms with E-state index >= 15 is 0 Å². The van der Waals surface area contributed by atoms with Crippen LogP contribution in [0.15, 0.2) is 48.5 Å². The van der Waals surface area contributed by atoms with Crippen LogP contribution in [0.25, 0.3) is 0 Å². The molecule has 132 valence electrons. The highest BCUT2D eigenvalue weighted by molar-refractivity contribution is 6.06. The van der Waals surface area contributed by atoms with Gasteiger partial charge in [0, 0.05) is 29.8 Å². The lowest BCUT2D eigenvalue weighted by Gasteiger charge is -2.35. The number of piperidine rings is 1. The molecule has 0 bridgehead atoms. The predicted octanol–water partition coefficient (Wildman–Crippen LogP) is 1.94. The zero-order valence-corrected chi connectivity index (χ0v) is 14.2. The van der Waals surface area contributed by atoms with E-state index in [0.717, 1.165) is 11.1 Å². The lowest BCUT2D eigenvalue weighted by Crippen LogP contribution is -2.54. The molecule has 1 fully saturated rings. The quantitative estimate of drug-likeness (QED) is 0.678. The maximum absolute atomic E-state index is 13.0. The first-order valence-corrected chi connectivity index (χ1v) is 8.62. The van der Waals surface area contributed by atoms with Crippen LogP contribution in [0.2, 0.25) is 0 Å². The van der Waals surface area contributed by atoms with E-state index in [2.05, 4.69) is 0 Å². The van der Waals surface area contributed by atoms with Crippen molar-refractivity contribution in [3.05, 3.63) is 65.2 Å². The summed E-state index contributed by atoms with van der Waals surface area (Å²) in [5.74, 6) is -0.705. The molecular weight excluding hydrogens is 330 g/mol. The van der Waals surface area contributed by atoms with Crippen molar-refractivity contribution < 1.29 is 14.4 Å². The molecule has 2 aromatic rings. The van der Waals surface area contributed by atoms with E-state index in [1.807, 2.05) is 30.3 Å². The first-order valence-electron chi connectivity index (χ1n) is 8.62. The second kappa shape index (κ2) is 6.29. The standard InChI is InChI=1S/C20H19N3O3/c21-16-8-4-7-14-15(16)12-22(19(14)25)17-9-10-18(24)23(20(17)26)11-13-5-2-1-3-6-13/h1-8,17H,9-12,21H2. The van der Waals surface area contributed by atoms with Crippen molar-refractivity contribution >= 4 is 23.4 Å². The molecule has 4 rings (SSSR count). The van der Waals surface area contributed by atoms with Crippen molar-refractivity contribution in [2.24, 2.45) is 0 Å². The predicted molar refractivity (Wildman–Crippen MR) is 95.7 cm³/mol. The zero-order valence-electron chi connectivity index (χ0n) is 14.2. The number of nitrogens with zero attached hydrogens (tertiary/aromatic N) is 2. The van der Waals surface area contributed by atoms with Gasteiger partial charge in [0.15, 0.2) is 0 Å². The molecule has 0 aliphatic carbocycles. The van der Waals surface area contributed by atoms with E-state index < -0.39 is 6.04 Å². The summed E-state index contributed by atoms with van der Waals surface area (Å²) in [6, 6.07) is 14.0. The minimum Gasteiger partial charge on any atom is -0.398 e. The molecule has 6 nitrogen and oxygen atoms in total. The number of amides is 3. The summed E-state index contributed by atoms with van der Waals surface area (Å²) in [6.07, 6.45) is 0.599. The molecule has 2 N–H and O–H groups in total. The summed E-state index contributed by atoms with van der Waals surface area (Å²) in [4.78, 5) is 40.9. The minimum absolute atomic E-state index is 0.195. The fourth-order valence-corrected chi connectivity index (χ4v) is 3.67. The van der Waals surface area contributed by atoms with Gasteiger partial charge < -0.3 is 10.6 Å². The fourth-order valence-electron chi connectivity index (χ4n) is 3.67. The second-order valence-electron chi connectivity index (χ2n) is 6.66. The van der Waals surface area contributed by atoms with Gasteiger partial charge in [-0.25, -0.2) is 0 Å². The van der Waals surface area contributed by atoms with E-state index in [-0.39, 0.29) is 30.7 Å². The zero-order chi connectivity index (χ0) is 18.3. The lowest BCUT2D eigenvalue weighted by atomic mass is 10.0. The summed E-state index contributed by atoms with van der Waals surface area (Å²) in [7, 11) is 0. The number of likely N-dealkylation sites (tertiary alicyclic amines) is 1. The number of benzene rings is 2. The minimum atomic E-state index is -0.629. The molecule has 6 heteroatoms. The van der Waals surface area contributed by atoms with Crippen molar-refractivity contribution in [2.75, 3.05) is 5.73 Å². The fraction of sp³-hybridized carbons (Fsp3) is 0.250. The number of hydrogen-bond donors (Lipinski definition) is 1. The summed E-state index contributed by atoms with van der Waals surface area (Å²) >= 11 is 0. The number of carbonyl (C=O) groups is 3. The Morgan fingerprint density at radius 3 is 2.50 bits per heavy atom. The molecule has 0 spiro atoms. The molecule has 2 aliphatic rings. The van der Waals surface area contributed by atoms with E-state index in [1.165, 1.54) is 4.90 Å². The summed E-state index contributed by atoms with van der Waals surface area (Å²) in [5.41, 5.74) is 8.73. The molecular formula is C20H19N3O3. The van der Waals surface area contributed by atoms with Gasteiger partial charge in [0.1, 0.15) is 6.04 Å². The molecule has 26 heavy (non-hydrogen) atoms. The molecule has 2 aromatic carbocycles. The van der Waals surface area contributed by atoms with E-state index in [0.29, 0.717) is 24.2 Å². The van der Waals surface area contributed by atoms with Gasteiger partial charge in [-0.3, -0.25) is 19.3 Å². The van der Waals surface area contributed by atoms with Crippen molar-refractivity contribution in [3.8, 4) is 0 Å². The Morgan fingerprint density at radius 2 is 1.77 bits per heavy atom. The van der Waals surface area contributed by atoms with Crippen LogP contribution in [0.4, 0.5) is 5.69 Å². The number of anilines is 1. The molecule has 1 unspecified atom stereocenters. The highest BCUT2D eigenvalue weighted by Gasteiger charge is 2.42. The Hall–Kier alpha value is -3.15. The number of rotatable bonds is 3.